The van der Waals surface area contributed by atoms with Crippen LogP contribution in [-0.2, 0) is 6.18 Å². The van der Waals surface area contributed by atoms with Crippen LogP contribution in [0.25, 0.3) is 5.53 Å². The predicted octanol–water partition coefficient (Wildman–Crippen LogP) is 1.85. The maximum absolute atomic E-state index is 12.5. The van der Waals surface area contributed by atoms with Gasteiger partial charge in [0.05, 0.1) is 0 Å². The number of nitrogens with zero attached hydrogens (tertiary/aromatic N) is 5. The van der Waals surface area contributed by atoms with Gasteiger partial charge in [-0.05, 0) is 0 Å². The molecule has 2 N–H and O–H groups in total. The van der Waals surface area contributed by atoms with Gasteiger partial charge >= 0.3 is 17.8 Å². The smallest absolute Gasteiger partial charge is 0.453 e. The molecule has 1 aliphatic rings. The molecular weight excluding hydrogens is 323 g/mol. The van der Waals surface area contributed by atoms with Gasteiger partial charge in [-0.1, -0.05) is 15.9 Å². The van der Waals surface area contributed by atoms with Crippen molar-refractivity contribution in [3.8, 4) is 0 Å². The van der Waals surface area contributed by atoms with E-state index in [1.807, 2.05) is 0 Å². The summed E-state index contributed by atoms with van der Waals surface area (Å²) in [5.74, 6) is -2.90. The average Bonchev–Trinajstić information content (AvgIpc) is 2.55. The minimum Gasteiger partial charge on any atom is -0.488 e. The van der Waals surface area contributed by atoms with Crippen molar-refractivity contribution in [1.82, 2.24) is 9.71 Å². The molecule has 1 atom stereocenters. The summed E-state index contributed by atoms with van der Waals surface area (Å²) in [6.45, 7) is 0. The summed E-state index contributed by atoms with van der Waals surface area (Å²) in [5.41, 5.74) is 7.76. The summed E-state index contributed by atoms with van der Waals surface area (Å²) in [5, 5.41) is 18.7. The van der Waals surface area contributed by atoms with Crippen molar-refractivity contribution < 1.29 is 28.3 Å². The summed E-state index contributed by atoms with van der Waals surface area (Å²) in [7, 11) is 0. The maximum atomic E-state index is 12.5. The zero-order valence-electron chi connectivity index (χ0n) is 8.22. The Balaban J connectivity index is 2.71. The number of alkyl halides is 4. The first-order chi connectivity index (χ1) is 8.27. The number of aliphatic hydroxyl groups excluding tert-OH is 1. The van der Waals surface area contributed by atoms with E-state index in [2.05, 4.69) is 30.7 Å². The monoisotopic (exact) mass is 325 g/mol. The lowest BCUT2D eigenvalue weighted by molar-refractivity contribution is -0.154. The molecule has 2 rings (SSSR count). The van der Waals surface area contributed by atoms with Gasteiger partial charge in [-0.15, -0.1) is 0 Å². The van der Waals surface area contributed by atoms with E-state index in [9.17, 15) is 23.5 Å². The fourth-order valence-corrected chi connectivity index (χ4v) is 2.09. The van der Waals surface area contributed by atoms with Crippen LogP contribution in [0, 0.1) is 0 Å². The molecule has 0 amide bonds. The minimum absolute atomic E-state index is 0.212. The van der Waals surface area contributed by atoms with E-state index in [1.165, 1.54) is 0 Å². The summed E-state index contributed by atoms with van der Waals surface area (Å²) >= 11 is 2.87. The third-order valence-electron chi connectivity index (χ3n) is 2.15. The number of hydrogen-bond acceptors (Lipinski definition) is 3. The van der Waals surface area contributed by atoms with Gasteiger partial charge in [0.25, 0.3) is 5.82 Å². The average molecular weight is 326 g/mol. The van der Waals surface area contributed by atoms with Gasteiger partial charge < -0.3 is 15.8 Å². The largest absolute Gasteiger partial charge is 0.488 e. The lowest BCUT2D eigenvalue weighted by Crippen LogP contribution is -2.25. The zero-order valence-corrected chi connectivity index (χ0v) is 9.81. The normalized spacial score (nSPS) is 19.2. The quantitative estimate of drug-likeness (QED) is 0.329. The van der Waals surface area contributed by atoms with Crippen LogP contribution in [0.4, 0.5) is 19.0 Å². The molecule has 18 heavy (non-hydrogen) atoms. The summed E-state index contributed by atoms with van der Waals surface area (Å²) in [6, 6.07) is 0. The van der Waals surface area contributed by atoms with E-state index < -0.39 is 39.9 Å². The van der Waals surface area contributed by atoms with Gasteiger partial charge in [-0.25, -0.2) is 4.98 Å². The predicted molar refractivity (Wildman–Crippen MR) is 54.4 cm³/mol. The molecule has 2 heterocycles. The van der Waals surface area contributed by atoms with Crippen LogP contribution < -0.4 is 0 Å². The highest BCUT2D eigenvalue weighted by Gasteiger charge is 2.45. The Morgan fingerprint density at radius 2 is 2.06 bits per heavy atom. The second-order valence-electron chi connectivity index (χ2n) is 3.24. The van der Waals surface area contributed by atoms with Crippen molar-refractivity contribution in [2.24, 2.45) is 4.99 Å². The molecule has 96 valence electrons. The van der Waals surface area contributed by atoms with E-state index in [0.29, 0.717) is 0 Å². The number of hydrogen-bond donors (Lipinski definition) is 2. The number of aromatic nitrogens is 2. The van der Waals surface area contributed by atoms with E-state index >= 15 is 0 Å². The second-order valence-corrected chi connectivity index (χ2v) is 4.15. The number of imidazole rings is 1. The molecule has 1 aromatic rings. The molecule has 0 saturated heterocycles. The molecule has 0 aliphatic carbocycles. The van der Waals surface area contributed by atoms with Gasteiger partial charge in [-0.2, -0.15) is 27.7 Å². The Morgan fingerprint density at radius 3 is 2.56 bits per heavy atom. The molecule has 0 radical (unpaired) electrons. The Kier molecular flexibility index (Phi) is 2.67. The highest BCUT2D eigenvalue weighted by molar-refractivity contribution is 9.09. The zero-order chi connectivity index (χ0) is 13.7. The molecule has 1 unspecified atom stereocenters. The standard InChI is InChI=1S/C7H3BrF3N5O2/c8-1-2(15-12)5(17)13-4-3(1)16(18)6(14-4)7(9,10)11/h1,18H,(H,13,17). The number of aliphatic hydroxyl groups is 1. The first-order valence-electron chi connectivity index (χ1n) is 4.30. The van der Waals surface area contributed by atoms with E-state index in [-0.39, 0.29) is 4.73 Å². The molecule has 1 aliphatic heterocycles. The maximum Gasteiger partial charge on any atom is 0.453 e. The van der Waals surface area contributed by atoms with Crippen molar-refractivity contribution in [3.05, 3.63) is 17.0 Å². The Bertz CT molecular complexity index is 601. The highest BCUT2D eigenvalue weighted by atomic mass is 79.9. The molecule has 0 spiro atoms. The molecular formula is C7H3BrF3N5O2. The van der Waals surface area contributed by atoms with Crippen LogP contribution in [0.3, 0.4) is 0 Å². The third kappa shape index (κ3) is 1.68. The molecule has 0 saturated carbocycles. The fraction of sp³-hybridized carbons (Fsp3) is 0.286. The van der Waals surface area contributed by atoms with Crippen molar-refractivity contribution in [2.75, 3.05) is 0 Å². The Labute approximate surface area is 105 Å². The molecule has 0 aromatic carbocycles. The van der Waals surface area contributed by atoms with Gasteiger partial charge in [0.1, 0.15) is 5.69 Å². The van der Waals surface area contributed by atoms with Gasteiger partial charge in [0.15, 0.2) is 10.6 Å². The van der Waals surface area contributed by atoms with E-state index in [0.717, 1.165) is 0 Å². The SMILES string of the molecule is [N-]=[N+]=C1C(O)=Nc2nc(C(F)(F)F)n(O)c2C1Br. The van der Waals surface area contributed by atoms with Crippen molar-refractivity contribution in [3.63, 3.8) is 0 Å². The molecule has 7 nitrogen and oxygen atoms in total. The molecule has 0 bridgehead atoms. The van der Waals surface area contributed by atoms with Crippen molar-refractivity contribution in [2.45, 2.75) is 11.0 Å². The summed E-state index contributed by atoms with van der Waals surface area (Å²) in [6.07, 6.45) is -4.89. The van der Waals surface area contributed by atoms with Crippen molar-refractivity contribution in [1.29, 1.82) is 0 Å². The molecule has 11 heteroatoms. The van der Waals surface area contributed by atoms with Crippen LogP contribution in [0.5, 0.6) is 0 Å². The number of halogens is 4. The molecule has 1 aromatic heterocycles. The van der Waals surface area contributed by atoms with Crippen LogP contribution in [-0.4, -0.2) is 36.4 Å². The summed E-state index contributed by atoms with van der Waals surface area (Å²) in [4.78, 5) is 7.87. The lowest BCUT2D eigenvalue weighted by Gasteiger charge is -2.10. The highest BCUT2D eigenvalue weighted by Crippen LogP contribution is 2.39. The van der Waals surface area contributed by atoms with Crippen LogP contribution in [0.2, 0.25) is 0 Å². The van der Waals surface area contributed by atoms with Crippen LogP contribution in [0.1, 0.15) is 16.3 Å². The Hall–Kier alpha value is -1.87. The second kappa shape index (κ2) is 3.82. The van der Waals surface area contributed by atoms with Gasteiger partial charge in [0, 0.05) is 0 Å². The number of aliphatic imine (C=N–C) groups is 1. The first-order valence-corrected chi connectivity index (χ1v) is 5.22. The lowest BCUT2D eigenvalue weighted by atomic mass is 10.1. The van der Waals surface area contributed by atoms with Crippen LogP contribution in [0.15, 0.2) is 4.99 Å². The van der Waals surface area contributed by atoms with Crippen molar-refractivity contribution >= 4 is 33.4 Å². The fourth-order valence-electron chi connectivity index (χ4n) is 1.40. The number of rotatable bonds is 0. The topological polar surface area (TPSA) is 107 Å². The van der Waals surface area contributed by atoms with E-state index in [4.69, 9.17) is 5.53 Å². The summed E-state index contributed by atoms with van der Waals surface area (Å²) < 4.78 is 37.3. The van der Waals surface area contributed by atoms with Gasteiger partial charge in [0.2, 0.25) is 0 Å². The third-order valence-corrected chi connectivity index (χ3v) is 3.02. The van der Waals surface area contributed by atoms with Gasteiger partial charge in [-0.3, -0.25) is 0 Å². The van der Waals surface area contributed by atoms with E-state index in [1.54, 1.807) is 0 Å². The molecule has 0 fully saturated rings. The minimum atomic E-state index is -4.89. The van der Waals surface area contributed by atoms with Crippen LogP contribution >= 0.6 is 15.9 Å². The first kappa shape index (κ1) is 12.6. The Morgan fingerprint density at radius 1 is 1.44 bits per heavy atom. The number of fused-ring (bicyclic) bond motifs is 1.